The predicted molar refractivity (Wildman–Crippen MR) is 90.2 cm³/mol. The fourth-order valence-electron chi connectivity index (χ4n) is 1.96. The van der Waals surface area contributed by atoms with Gasteiger partial charge in [0.1, 0.15) is 11.8 Å². The Hall–Kier alpha value is -0.530. The minimum Gasteiger partial charge on any atom is -0.875 e. The number of hydrogen-bond donors (Lipinski definition) is 3. The molecule has 24 heavy (non-hydrogen) atoms. The molecule has 1 unspecified atom stereocenters. The molecule has 0 saturated heterocycles. The number of allylic oxidation sites excluding steroid dienone is 2. The van der Waals surface area contributed by atoms with Crippen LogP contribution in [-0.2, 0) is 4.79 Å². The van der Waals surface area contributed by atoms with E-state index >= 15 is 0 Å². The smallest absolute Gasteiger partial charge is 0.875 e. The van der Waals surface area contributed by atoms with Gasteiger partial charge in [-0.05, 0) is 25.8 Å². The standard InChI is InChI=1S/C17H32N2O4.Na/c1-4-6-8-15(20)12-18-10-11-19(14(3)17(22)23)13-16(21)9-7-5-2;/h8-9,14,18,20-21H,4-7,10-13H2,1-3H3,(H,22,23);/q;+1/p-1/b15-8-,16-9-;. The monoisotopic (exact) mass is 350 g/mol. The second-order valence-corrected chi connectivity index (χ2v) is 5.60. The van der Waals surface area contributed by atoms with E-state index in [1.54, 1.807) is 24.0 Å². The third kappa shape index (κ3) is 12.8. The molecule has 6 nitrogen and oxygen atoms in total. The molecule has 0 aliphatic heterocycles. The number of nitrogens with one attached hydrogen (secondary N) is 1. The fraction of sp³-hybridized carbons (Fsp3) is 0.706. The van der Waals surface area contributed by atoms with Crippen LogP contribution in [-0.4, -0.2) is 53.3 Å². The Morgan fingerprint density at radius 1 is 1.21 bits per heavy atom. The number of carboxylic acids is 1. The molecule has 0 radical (unpaired) electrons. The molecular formula is C17H31N2NaO4. The van der Waals surface area contributed by atoms with E-state index in [0.29, 0.717) is 13.1 Å². The average molecular weight is 350 g/mol. The summed E-state index contributed by atoms with van der Waals surface area (Å²) in [5.74, 6) is -0.691. The van der Waals surface area contributed by atoms with E-state index in [9.17, 15) is 15.0 Å². The van der Waals surface area contributed by atoms with Crippen LogP contribution in [0.2, 0.25) is 0 Å². The van der Waals surface area contributed by atoms with E-state index in [1.807, 2.05) is 13.8 Å². The Kier molecular flexibility index (Phi) is 17.1. The maximum absolute atomic E-state index is 11.5. The first kappa shape index (κ1) is 25.7. The van der Waals surface area contributed by atoms with Crippen molar-refractivity contribution in [3.05, 3.63) is 23.7 Å². The molecule has 0 aliphatic rings. The second kappa shape index (κ2) is 16.0. The SMILES string of the molecule is CCC/C=C(\[O-])CNCCN(C/C(O)=C/CCC)C(C)C(=O)O.[Na+]. The van der Waals surface area contributed by atoms with Crippen LogP contribution in [0.4, 0.5) is 0 Å². The van der Waals surface area contributed by atoms with Gasteiger partial charge in [0.2, 0.25) is 0 Å². The van der Waals surface area contributed by atoms with Crippen LogP contribution in [0.15, 0.2) is 23.7 Å². The Labute approximate surface area is 167 Å². The number of carboxylic acid groups (broad SMARTS) is 1. The first-order valence-electron chi connectivity index (χ1n) is 8.33. The molecule has 0 aromatic heterocycles. The number of rotatable bonds is 13. The first-order valence-corrected chi connectivity index (χ1v) is 8.33. The van der Waals surface area contributed by atoms with E-state index < -0.39 is 12.0 Å². The second-order valence-electron chi connectivity index (χ2n) is 5.60. The van der Waals surface area contributed by atoms with Gasteiger partial charge >= 0.3 is 35.5 Å². The molecule has 0 aromatic carbocycles. The minimum atomic E-state index is -0.930. The number of carbonyl (C=O) groups is 1. The van der Waals surface area contributed by atoms with E-state index in [4.69, 9.17) is 5.11 Å². The first-order chi connectivity index (χ1) is 10.9. The van der Waals surface area contributed by atoms with Crippen molar-refractivity contribution in [2.24, 2.45) is 0 Å². The Balaban J connectivity index is 0. The summed E-state index contributed by atoms with van der Waals surface area (Å²) in [7, 11) is 0. The van der Waals surface area contributed by atoms with Crippen molar-refractivity contribution in [2.45, 2.75) is 52.5 Å². The molecule has 134 valence electrons. The summed E-state index contributed by atoms with van der Waals surface area (Å²) in [6.07, 6.45) is 6.80. The molecule has 0 aliphatic carbocycles. The molecule has 0 rings (SSSR count). The summed E-state index contributed by atoms with van der Waals surface area (Å²) in [6.45, 7) is 7.01. The molecular weight excluding hydrogens is 319 g/mol. The van der Waals surface area contributed by atoms with Crippen LogP contribution in [0, 0.1) is 0 Å². The minimum absolute atomic E-state index is 0. The normalized spacial score (nSPS) is 13.7. The fourth-order valence-corrected chi connectivity index (χ4v) is 1.96. The van der Waals surface area contributed by atoms with Crippen molar-refractivity contribution in [3.8, 4) is 0 Å². The number of aliphatic carboxylic acids is 1. The molecule has 1 atom stereocenters. The van der Waals surface area contributed by atoms with Crippen LogP contribution < -0.4 is 40.0 Å². The number of unbranched alkanes of at least 4 members (excludes halogenated alkanes) is 2. The zero-order valence-corrected chi connectivity index (χ0v) is 17.5. The molecule has 0 heterocycles. The van der Waals surface area contributed by atoms with E-state index in [2.05, 4.69) is 5.32 Å². The van der Waals surface area contributed by atoms with Crippen molar-refractivity contribution in [2.75, 3.05) is 26.2 Å². The molecule has 0 aromatic rings. The Morgan fingerprint density at radius 2 is 1.79 bits per heavy atom. The molecule has 3 N–H and O–H groups in total. The Bertz CT molecular complexity index is 400. The van der Waals surface area contributed by atoms with Crippen LogP contribution >= 0.6 is 0 Å². The van der Waals surface area contributed by atoms with E-state index in [1.165, 1.54) is 0 Å². The van der Waals surface area contributed by atoms with Crippen molar-refractivity contribution in [1.82, 2.24) is 10.2 Å². The molecule has 0 saturated carbocycles. The summed E-state index contributed by atoms with van der Waals surface area (Å²) in [5, 5.41) is 33.6. The van der Waals surface area contributed by atoms with Gasteiger partial charge in [0.15, 0.2) is 0 Å². The predicted octanol–water partition coefficient (Wildman–Crippen LogP) is -1.36. The van der Waals surface area contributed by atoms with Gasteiger partial charge in [-0.15, -0.1) is 5.76 Å². The number of aliphatic hydroxyl groups excluding tert-OH is 1. The van der Waals surface area contributed by atoms with Gasteiger partial charge in [0.05, 0.1) is 6.54 Å². The van der Waals surface area contributed by atoms with Gasteiger partial charge in [-0.1, -0.05) is 32.8 Å². The summed E-state index contributed by atoms with van der Waals surface area (Å²) < 4.78 is 0. The van der Waals surface area contributed by atoms with Crippen molar-refractivity contribution in [3.63, 3.8) is 0 Å². The van der Waals surface area contributed by atoms with Gasteiger partial charge in [-0.2, -0.15) is 0 Å². The maximum Gasteiger partial charge on any atom is 1.00 e. The average Bonchev–Trinajstić information content (AvgIpc) is 2.52. The summed E-state index contributed by atoms with van der Waals surface area (Å²) in [4.78, 5) is 12.9. The van der Waals surface area contributed by atoms with Gasteiger partial charge in [-0.3, -0.25) is 9.69 Å². The van der Waals surface area contributed by atoms with Crippen molar-refractivity contribution < 1.29 is 49.7 Å². The van der Waals surface area contributed by atoms with Crippen molar-refractivity contribution >= 4 is 5.97 Å². The third-order valence-corrected chi connectivity index (χ3v) is 3.47. The van der Waals surface area contributed by atoms with Gasteiger partial charge in [0.25, 0.3) is 0 Å². The number of nitrogens with zero attached hydrogens (tertiary/aromatic N) is 1. The molecule has 0 spiro atoms. The van der Waals surface area contributed by atoms with Crippen molar-refractivity contribution in [1.29, 1.82) is 0 Å². The van der Waals surface area contributed by atoms with E-state index in [-0.39, 0.29) is 54.2 Å². The molecule has 0 fully saturated rings. The zero-order valence-electron chi connectivity index (χ0n) is 15.5. The maximum atomic E-state index is 11.5. The summed E-state index contributed by atoms with van der Waals surface area (Å²) >= 11 is 0. The zero-order chi connectivity index (χ0) is 17.7. The van der Waals surface area contributed by atoms with Gasteiger partial charge in [-0.25, -0.2) is 0 Å². The van der Waals surface area contributed by atoms with Gasteiger partial charge in [0, 0.05) is 19.6 Å². The largest absolute Gasteiger partial charge is 1.00 e. The third-order valence-electron chi connectivity index (χ3n) is 3.47. The van der Waals surface area contributed by atoms with Crippen LogP contribution in [0.25, 0.3) is 0 Å². The van der Waals surface area contributed by atoms with Crippen LogP contribution in [0.5, 0.6) is 0 Å². The quantitative estimate of drug-likeness (QED) is 0.216. The number of aliphatic hydroxyl groups is 1. The molecule has 0 amide bonds. The van der Waals surface area contributed by atoms with Gasteiger partial charge < -0.3 is 20.6 Å². The summed E-state index contributed by atoms with van der Waals surface area (Å²) in [5.41, 5.74) is 0. The summed E-state index contributed by atoms with van der Waals surface area (Å²) in [6, 6.07) is -0.698. The van der Waals surface area contributed by atoms with E-state index in [0.717, 1.165) is 25.7 Å². The van der Waals surface area contributed by atoms with Crippen LogP contribution in [0.3, 0.4) is 0 Å². The Morgan fingerprint density at radius 3 is 2.33 bits per heavy atom. The molecule has 7 heteroatoms. The van der Waals surface area contributed by atoms with Crippen LogP contribution in [0.1, 0.15) is 46.5 Å². The number of hydrogen-bond acceptors (Lipinski definition) is 5. The molecule has 0 bridgehead atoms. The topological polar surface area (TPSA) is 95.9 Å².